The number of aliphatic hydroxyl groups excluding tert-OH is 1. The molecule has 0 aliphatic heterocycles. The number of hydrogen-bond acceptors (Lipinski definition) is 6. The largest absolute Gasteiger partial charge is 0.497 e. The van der Waals surface area contributed by atoms with Crippen LogP contribution in [-0.2, 0) is 0 Å². The first-order valence-electron chi connectivity index (χ1n) is 7.68. The molecule has 1 atom stereocenters. The van der Waals surface area contributed by atoms with Gasteiger partial charge in [-0.05, 0) is 30.2 Å². The average Bonchev–Trinajstić information content (AvgIpc) is 2.60. The molecule has 0 saturated heterocycles. The molecule has 0 saturated carbocycles. The SMILES string of the molecule is COc1ccc(NC(=O)c2cc(NC(CO)C(C)C)ncn2)cc1. The maximum Gasteiger partial charge on any atom is 0.274 e. The summed E-state index contributed by atoms with van der Waals surface area (Å²) in [5.74, 6) is 1.10. The lowest BCUT2D eigenvalue weighted by Crippen LogP contribution is -2.30. The zero-order valence-electron chi connectivity index (χ0n) is 14.0. The van der Waals surface area contributed by atoms with Crippen LogP contribution in [0.5, 0.6) is 5.75 Å². The van der Waals surface area contributed by atoms with Crippen molar-refractivity contribution in [3.05, 3.63) is 42.4 Å². The average molecular weight is 330 g/mol. The molecule has 1 aromatic carbocycles. The van der Waals surface area contributed by atoms with Gasteiger partial charge in [-0.2, -0.15) is 0 Å². The van der Waals surface area contributed by atoms with Crippen molar-refractivity contribution in [1.29, 1.82) is 0 Å². The van der Waals surface area contributed by atoms with Crippen molar-refractivity contribution in [2.24, 2.45) is 5.92 Å². The van der Waals surface area contributed by atoms with Crippen molar-refractivity contribution in [3.8, 4) is 5.75 Å². The molecule has 0 spiro atoms. The Morgan fingerprint density at radius 2 is 1.96 bits per heavy atom. The Morgan fingerprint density at radius 1 is 1.25 bits per heavy atom. The van der Waals surface area contributed by atoms with Gasteiger partial charge in [0.15, 0.2) is 0 Å². The number of rotatable bonds is 7. The van der Waals surface area contributed by atoms with Crippen LogP contribution in [-0.4, -0.2) is 40.7 Å². The summed E-state index contributed by atoms with van der Waals surface area (Å²) in [7, 11) is 1.58. The second-order valence-corrected chi connectivity index (χ2v) is 5.65. The van der Waals surface area contributed by atoms with E-state index in [0.717, 1.165) is 0 Å². The molecule has 7 heteroatoms. The Morgan fingerprint density at radius 3 is 2.54 bits per heavy atom. The number of aromatic nitrogens is 2. The first-order chi connectivity index (χ1) is 11.5. The van der Waals surface area contributed by atoms with Crippen molar-refractivity contribution in [1.82, 2.24) is 9.97 Å². The Labute approximate surface area is 141 Å². The van der Waals surface area contributed by atoms with Crippen molar-refractivity contribution in [3.63, 3.8) is 0 Å². The lowest BCUT2D eigenvalue weighted by molar-refractivity contribution is 0.102. The lowest BCUT2D eigenvalue weighted by Gasteiger charge is -2.20. The van der Waals surface area contributed by atoms with Crippen LogP contribution in [0.2, 0.25) is 0 Å². The summed E-state index contributed by atoms with van der Waals surface area (Å²) in [4.78, 5) is 20.4. The number of benzene rings is 1. The minimum absolute atomic E-state index is 0.0188. The highest BCUT2D eigenvalue weighted by atomic mass is 16.5. The normalized spacial score (nSPS) is 11.9. The molecule has 1 unspecified atom stereocenters. The summed E-state index contributed by atoms with van der Waals surface area (Å²) in [5.41, 5.74) is 0.883. The molecule has 2 aromatic rings. The van der Waals surface area contributed by atoms with E-state index in [1.807, 2.05) is 13.8 Å². The molecule has 7 nitrogen and oxygen atoms in total. The minimum atomic E-state index is -0.337. The molecule has 0 fully saturated rings. The highest BCUT2D eigenvalue weighted by Gasteiger charge is 2.14. The molecule has 0 radical (unpaired) electrons. The summed E-state index contributed by atoms with van der Waals surface area (Å²) < 4.78 is 5.08. The van der Waals surface area contributed by atoms with Gasteiger partial charge in [-0.15, -0.1) is 0 Å². The molecule has 0 aliphatic carbocycles. The number of nitrogens with one attached hydrogen (secondary N) is 2. The van der Waals surface area contributed by atoms with Crippen LogP contribution in [0.3, 0.4) is 0 Å². The van der Waals surface area contributed by atoms with E-state index < -0.39 is 0 Å². The number of ether oxygens (including phenoxy) is 1. The van der Waals surface area contributed by atoms with Crippen LogP contribution in [0.25, 0.3) is 0 Å². The van der Waals surface area contributed by atoms with Gasteiger partial charge in [-0.1, -0.05) is 13.8 Å². The predicted molar refractivity (Wildman–Crippen MR) is 92.3 cm³/mol. The zero-order valence-corrected chi connectivity index (χ0v) is 14.0. The minimum Gasteiger partial charge on any atom is -0.497 e. The molecular formula is C17H22N4O3. The van der Waals surface area contributed by atoms with Gasteiger partial charge in [0.05, 0.1) is 19.8 Å². The third-order valence-electron chi connectivity index (χ3n) is 3.58. The van der Waals surface area contributed by atoms with Crippen LogP contribution in [0.15, 0.2) is 36.7 Å². The summed E-state index contributed by atoms with van der Waals surface area (Å²) in [5, 5.41) is 15.2. The maximum atomic E-state index is 12.3. The van der Waals surface area contributed by atoms with Crippen LogP contribution in [0.4, 0.5) is 11.5 Å². The number of methoxy groups -OCH3 is 1. The van der Waals surface area contributed by atoms with Gasteiger partial charge in [-0.25, -0.2) is 9.97 Å². The van der Waals surface area contributed by atoms with Crippen LogP contribution in [0.1, 0.15) is 24.3 Å². The number of carbonyl (C=O) groups excluding carboxylic acids is 1. The molecule has 3 N–H and O–H groups in total. The fourth-order valence-electron chi connectivity index (χ4n) is 2.04. The quantitative estimate of drug-likeness (QED) is 0.720. The summed E-state index contributed by atoms with van der Waals surface area (Å²) in [6, 6.07) is 8.44. The van der Waals surface area contributed by atoms with E-state index in [1.54, 1.807) is 37.4 Å². The van der Waals surface area contributed by atoms with Crippen molar-refractivity contribution < 1.29 is 14.6 Å². The van der Waals surface area contributed by atoms with Gasteiger partial charge in [0.1, 0.15) is 23.6 Å². The summed E-state index contributed by atoms with van der Waals surface area (Å²) >= 11 is 0. The van der Waals surface area contributed by atoms with E-state index >= 15 is 0 Å². The number of aliphatic hydroxyl groups is 1. The van der Waals surface area contributed by atoms with Crippen LogP contribution >= 0.6 is 0 Å². The highest BCUT2D eigenvalue weighted by Crippen LogP contribution is 2.16. The van der Waals surface area contributed by atoms with E-state index in [1.165, 1.54) is 6.33 Å². The van der Waals surface area contributed by atoms with Crippen LogP contribution in [0, 0.1) is 5.92 Å². The number of nitrogens with zero attached hydrogens (tertiary/aromatic N) is 2. The first kappa shape index (κ1) is 17.7. The monoisotopic (exact) mass is 330 g/mol. The van der Waals surface area contributed by atoms with Crippen molar-refractivity contribution in [2.75, 3.05) is 24.4 Å². The molecular weight excluding hydrogens is 308 g/mol. The third kappa shape index (κ3) is 4.66. The summed E-state index contributed by atoms with van der Waals surface area (Å²) in [6.07, 6.45) is 1.32. The number of carbonyl (C=O) groups is 1. The van der Waals surface area contributed by atoms with Crippen molar-refractivity contribution >= 4 is 17.4 Å². The lowest BCUT2D eigenvalue weighted by atomic mass is 10.1. The Bertz CT molecular complexity index is 674. The number of anilines is 2. The molecule has 1 heterocycles. The van der Waals surface area contributed by atoms with Gasteiger partial charge >= 0.3 is 0 Å². The second-order valence-electron chi connectivity index (χ2n) is 5.65. The zero-order chi connectivity index (χ0) is 17.5. The molecule has 0 aliphatic rings. The Kier molecular flexibility index (Phi) is 6.08. The molecule has 1 amide bonds. The fourth-order valence-corrected chi connectivity index (χ4v) is 2.04. The molecule has 1 aromatic heterocycles. The van der Waals surface area contributed by atoms with Gasteiger partial charge in [0.25, 0.3) is 5.91 Å². The number of amides is 1. The second kappa shape index (κ2) is 8.26. The first-order valence-corrected chi connectivity index (χ1v) is 7.68. The van der Waals surface area contributed by atoms with Crippen LogP contribution < -0.4 is 15.4 Å². The fraction of sp³-hybridized carbons (Fsp3) is 0.353. The molecule has 128 valence electrons. The van der Waals surface area contributed by atoms with E-state index in [9.17, 15) is 9.90 Å². The smallest absolute Gasteiger partial charge is 0.274 e. The van der Waals surface area contributed by atoms with Gasteiger partial charge < -0.3 is 20.5 Å². The number of hydrogen-bond donors (Lipinski definition) is 3. The third-order valence-corrected chi connectivity index (χ3v) is 3.58. The molecule has 0 bridgehead atoms. The summed E-state index contributed by atoms with van der Waals surface area (Å²) in [6.45, 7) is 3.97. The standard InChI is InChI=1S/C17H22N4O3/c1-11(2)15(9-22)21-16-8-14(18-10-19-16)17(23)20-12-4-6-13(24-3)7-5-12/h4-8,10-11,15,22H,9H2,1-3H3,(H,20,23)(H,18,19,21). The van der Waals surface area contributed by atoms with Crippen molar-refractivity contribution in [2.45, 2.75) is 19.9 Å². The van der Waals surface area contributed by atoms with E-state index in [-0.39, 0.29) is 30.2 Å². The molecule has 2 rings (SSSR count). The van der Waals surface area contributed by atoms with E-state index in [0.29, 0.717) is 17.3 Å². The Balaban J connectivity index is 2.07. The van der Waals surface area contributed by atoms with E-state index in [2.05, 4.69) is 20.6 Å². The maximum absolute atomic E-state index is 12.3. The van der Waals surface area contributed by atoms with Gasteiger partial charge in [0, 0.05) is 11.8 Å². The predicted octanol–water partition coefficient (Wildman–Crippen LogP) is 2.17. The highest BCUT2D eigenvalue weighted by molar-refractivity contribution is 6.03. The van der Waals surface area contributed by atoms with E-state index in [4.69, 9.17) is 4.74 Å². The van der Waals surface area contributed by atoms with Gasteiger partial charge in [0.2, 0.25) is 0 Å². The van der Waals surface area contributed by atoms with Gasteiger partial charge in [-0.3, -0.25) is 4.79 Å². The topological polar surface area (TPSA) is 96.4 Å². The molecule has 24 heavy (non-hydrogen) atoms. The Hall–Kier alpha value is -2.67.